The van der Waals surface area contributed by atoms with E-state index in [1.54, 1.807) is 6.08 Å². The third-order valence-corrected chi connectivity index (χ3v) is 2.05. The Morgan fingerprint density at radius 3 is 2.57 bits per heavy atom. The first-order valence-corrected chi connectivity index (χ1v) is 4.68. The summed E-state index contributed by atoms with van der Waals surface area (Å²) in [7, 11) is 0. The second-order valence-corrected chi connectivity index (χ2v) is 3.15. The summed E-state index contributed by atoms with van der Waals surface area (Å²) in [6.45, 7) is 9.69. The van der Waals surface area contributed by atoms with Crippen LogP contribution < -0.4 is 0 Å². The SMILES string of the molecule is C=C/C=C(\C=C/C)c1nc(C)c(C)[nH]1. The number of H-pyrrole nitrogens is 1. The van der Waals surface area contributed by atoms with Crippen LogP contribution in [0.5, 0.6) is 0 Å². The van der Waals surface area contributed by atoms with Crippen molar-refractivity contribution in [3.8, 4) is 0 Å². The molecular weight excluding hydrogens is 172 g/mol. The van der Waals surface area contributed by atoms with Gasteiger partial charge in [0.15, 0.2) is 0 Å². The van der Waals surface area contributed by atoms with Crippen molar-refractivity contribution in [1.29, 1.82) is 0 Å². The molecule has 0 spiro atoms. The average molecular weight is 188 g/mol. The lowest BCUT2D eigenvalue weighted by Gasteiger charge is -1.94. The molecule has 0 aliphatic carbocycles. The number of nitrogens with zero attached hydrogens (tertiary/aromatic N) is 1. The first kappa shape index (κ1) is 10.5. The van der Waals surface area contributed by atoms with Crippen LogP contribution in [-0.4, -0.2) is 9.97 Å². The Morgan fingerprint density at radius 2 is 2.14 bits per heavy atom. The minimum Gasteiger partial charge on any atom is -0.342 e. The van der Waals surface area contributed by atoms with Gasteiger partial charge in [-0.25, -0.2) is 4.98 Å². The summed E-state index contributed by atoms with van der Waals surface area (Å²) in [5.74, 6) is 0.901. The van der Waals surface area contributed by atoms with Gasteiger partial charge in [0.25, 0.3) is 0 Å². The molecule has 0 saturated heterocycles. The van der Waals surface area contributed by atoms with E-state index in [4.69, 9.17) is 0 Å². The van der Waals surface area contributed by atoms with Gasteiger partial charge in [-0.15, -0.1) is 0 Å². The van der Waals surface area contributed by atoms with Gasteiger partial charge in [0, 0.05) is 11.3 Å². The molecule has 1 N–H and O–H groups in total. The molecule has 0 unspecified atom stereocenters. The molecule has 0 aliphatic heterocycles. The molecule has 0 aromatic carbocycles. The van der Waals surface area contributed by atoms with E-state index >= 15 is 0 Å². The average Bonchev–Trinajstić information content (AvgIpc) is 2.47. The van der Waals surface area contributed by atoms with Crippen molar-refractivity contribution < 1.29 is 0 Å². The Labute approximate surface area is 85.1 Å². The lowest BCUT2D eigenvalue weighted by atomic mass is 10.2. The molecule has 2 nitrogen and oxygen atoms in total. The predicted molar refractivity (Wildman–Crippen MR) is 61.0 cm³/mol. The van der Waals surface area contributed by atoms with Crippen LogP contribution in [0.2, 0.25) is 0 Å². The Balaban J connectivity index is 3.11. The van der Waals surface area contributed by atoms with E-state index in [-0.39, 0.29) is 0 Å². The normalized spacial score (nSPS) is 12.4. The molecule has 0 atom stereocenters. The molecule has 0 amide bonds. The zero-order valence-electron chi connectivity index (χ0n) is 8.96. The molecule has 74 valence electrons. The van der Waals surface area contributed by atoms with Crippen LogP contribution in [0.25, 0.3) is 5.57 Å². The van der Waals surface area contributed by atoms with Gasteiger partial charge in [0.05, 0.1) is 5.69 Å². The first-order valence-electron chi connectivity index (χ1n) is 4.68. The molecule has 14 heavy (non-hydrogen) atoms. The van der Waals surface area contributed by atoms with Crippen molar-refractivity contribution in [2.24, 2.45) is 0 Å². The minimum absolute atomic E-state index is 0.901. The standard InChI is InChI=1S/C12H16N2/c1-5-7-11(8-6-2)12-13-9(3)10(4)14-12/h5-8H,1H2,2-4H3,(H,13,14)/b8-6-,11-7+. The first-order chi connectivity index (χ1) is 6.69. The number of nitrogens with one attached hydrogen (secondary N) is 1. The summed E-state index contributed by atoms with van der Waals surface area (Å²) in [5.41, 5.74) is 3.21. The maximum atomic E-state index is 4.42. The molecule has 1 heterocycles. The Morgan fingerprint density at radius 1 is 1.43 bits per heavy atom. The number of aromatic nitrogens is 2. The van der Waals surface area contributed by atoms with Gasteiger partial charge < -0.3 is 4.98 Å². The highest BCUT2D eigenvalue weighted by atomic mass is 14.9. The highest BCUT2D eigenvalue weighted by molar-refractivity contribution is 5.71. The van der Waals surface area contributed by atoms with Crippen molar-refractivity contribution in [3.63, 3.8) is 0 Å². The van der Waals surface area contributed by atoms with Crippen molar-refractivity contribution in [2.75, 3.05) is 0 Å². The number of imidazole rings is 1. The van der Waals surface area contributed by atoms with Crippen LogP contribution in [0, 0.1) is 13.8 Å². The van der Waals surface area contributed by atoms with E-state index in [1.165, 1.54) is 0 Å². The van der Waals surface area contributed by atoms with E-state index in [9.17, 15) is 0 Å². The fraction of sp³-hybridized carbons (Fsp3) is 0.250. The largest absolute Gasteiger partial charge is 0.342 e. The van der Waals surface area contributed by atoms with Gasteiger partial charge in [0.2, 0.25) is 0 Å². The Kier molecular flexibility index (Phi) is 3.46. The molecule has 0 radical (unpaired) electrons. The van der Waals surface area contributed by atoms with Gasteiger partial charge in [-0.2, -0.15) is 0 Å². The second-order valence-electron chi connectivity index (χ2n) is 3.15. The summed E-state index contributed by atoms with van der Waals surface area (Å²) >= 11 is 0. The van der Waals surface area contributed by atoms with Gasteiger partial charge in [-0.1, -0.05) is 30.9 Å². The topological polar surface area (TPSA) is 28.7 Å². The maximum absolute atomic E-state index is 4.42. The molecule has 1 aromatic rings. The van der Waals surface area contributed by atoms with Crippen LogP contribution in [-0.2, 0) is 0 Å². The van der Waals surface area contributed by atoms with Gasteiger partial charge in [-0.05, 0) is 20.8 Å². The number of hydrogen-bond donors (Lipinski definition) is 1. The van der Waals surface area contributed by atoms with Crippen LogP contribution in [0.1, 0.15) is 24.1 Å². The second kappa shape index (κ2) is 4.61. The summed E-state index contributed by atoms with van der Waals surface area (Å²) in [6, 6.07) is 0. The highest BCUT2D eigenvalue weighted by Gasteiger charge is 2.04. The molecule has 0 saturated carbocycles. The quantitative estimate of drug-likeness (QED) is 0.725. The van der Waals surface area contributed by atoms with E-state index in [2.05, 4.69) is 16.5 Å². The molecule has 1 rings (SSSR count). The third kappa shape index (κ3) is 2.22. The molecule has 2 heteroatoms. The molecule has 0 bridgehead atoms. The number of allylic oxidation sites excluding steroid dienone is 5. The van der Waals surface area contributed by atoms with Crippen LogP contribution in [0.3, 0.4) is 0 Å². The highest BCUT2D eigenvalue weighted by Crippen LogP contribution is 2.14. The van der Waals surface area contributed by atoms with Crippen LogP contribution in [0.4, 0.5) is 0 Å². The van der Waals surface area contributed by atoms with Crippen molar-refractivity contribution in [1.82, 2.24) is 9.97 Å². The number of rotatable bonds is 3. The minimum atomic E-state index is 0.901. The summed E-state index contributed by atoms with van der Waals surface area (Å²) in [5, 5.41) is 0. The summed E-state index contributed by atoms with van der Waals surface area (Å²) in [6.07, 6.45) is 7.71. The fourth-order valence-corrected chi connectivity index (χ4v) is 1.20. The summed E-state index contributed by atoms with van der Waals surface area (Å²) in [4.78, 5) is 7.66. The lowest BCUT2D eigenvalue weighted by molar-refractivity contribution is 1.21. The van der Waals surface area contributed by atoms with E-state index in [1.807, 2.05) is 39.0 Å². The number of aromatic amines is 1. The van der Waals surface area contributed by atoms with Crippen LogP contribution >= 0.6 is 0 Å². The zero-order valence-corrected chi connectivity index (χ0v) is 8.96. The molecular formula is C12H16N2. The van der Waals surface area contributed by atoms with E-state index in [0.29, 0.717) is 0 Å². The number of hydrogen-bond acceptors (Lipinski definition) is 1. The van der Waals surface area contributed by atoms with Gasteiger partial charge in [-0.3, -0.25) is 0 Å². The molecule has 1 aromatic heterocycles. The van der Waals surface area contributed by atoms with E-state index < -0.39 is 0 Å². The lowest BCUT2D eigenvalue weighted by Crippen LogP contribution is -1.83. The van der Waals surface area contributed by atoms with Gasteiger partial charge >= 0.3 is 0 Å². The maximum Gasteiger partial charge on any atom is 0.137 e. The Bertz CT molecular complexity index is 362. The number of aryl methyl sites for hydroxylation is 2. The van der Waals surface area contributed by atoms with Crippen molar-refractivity contribution in [2.45, 2.75) is 20.8 Å². The summed E-state index contributed by atoms with van der Waals surface area (Å²) < 4.78 is 0. The van der Waals surface area contributed by atoms with Crippen molar-refractivity contribution in [3.05, 3.63) is 48.1 Å². The molecule has 0 aliphatic rings. The van der Waals surface area contributed by atoms with Crippen molar-refractivity contribution >= 4 is 5.57 Å². The van der Waals surface area contributed by atoms with E-state index in [0.717, 1.165) is 22.8 Å². The zero-order chi connectivity index (χ0) is 10.6. The Hall–Kier alpha value is -1.57. The smallest absolute Gasteiger partial charge is 0.137 e. The molecule has 0 fully saturated rings. The third-order valence-electron chi connectivity index (χ3n) is 2.05. The fourth-order valence-electron chi connectivity index (χ4n) is 1.20. The predicted octanol–water partition coefficient (Wildman–Crippen LogP) is 3.17. The van der Waals surface area contributed by atoms with Gasteiger partial charge in [0.1, 0.15) is 5.82 Å². The monoisotopic (exact) mass is 188 g/mol. The van der Waals surface area contributed by atoms with Crippen LogP contribution in [0.15, 0.2) is 30.9 Å².